The Morgan fingerprint density at radius 2 is 1.56 bits per heavy atom. The SMILES string of the molecule is CC1COC(c2ccc3c(F)c(-c4ccc5nc(C(F)(F)Oc6cc(F)c(F)c(F)c6)sc5c4)c(F)cc3c2)OC1. The highest BCUT2D eigenvalue weighted by molar-refractivity contribution is 7.18. The van der Waals surface area contributed by atoms with Gasteiger partial charge in [-0.15, -0.1) is 11.3 Å². The molecule has 1 aromatic heterocycles. The molecule has 6 rings (SSSR count). The van der Waals surface area contributed by atoms with E-state index in [1.807, 2.05) is 6.92 Å². The zero-order chi connectivity index (χ0) is 29.1. The van der Waals surface area contributed by atoms with Crippen LogP contribution < -0.4 is 4.74 Å². The highest BCUT2D eigenvalue weighted by Gasteiger charge is 2.39. The van der Waals surface area contributed by atoms with E-state index < -0.39 is 52.2 Å². The fourth-order valence-corrected chi connectivity index (χ4v) is 5.46. The second kappa shape index (κ2) is 10.3. The average Bonchev–Trinajstić information content (AvgIpc) is 3.36. The molecule has 212 valence electrons. The smallest absolute Gasteiger partial charge is 0.427 e. The van der Waals surface area contributed by atoms with E-state index in [0.717, 1.165) is 0 Å². The summed E-state index contributed by atoms with van der Waals surface area (Å²) in [5.74, 6) is -7.67. The van der Waals surface area contributed by atoms with Gasteiger partial charge in [-0.1, -0.05) is 25.1 Å². The Morgan fingerprint density at radius 1 is 0.854 bits per heavy atom. The summed E-state index contributed by atoms with van der Waals surface area (Å²) in [4.78, 5) is 3.80. The second-order valence-corrected chi connectivity index (χ2v) is 10.7. The lowest BCUT2D eigenvalue weighted by atomic mass is 9.98. The van der Waals surface area contributed by atoms with Crippen LogP contribution in [0, 0.1) is 35.0 Å². The Morgan fingerprint density at radius 3 is 2.27 bits per heavy atom. The maximum absolute atomic E-state index is 15.6. The van der Waals surface area contributed by atoms with Gasteiger partial charge in [0.15, 0.2) is 23.7 Å². The number of thiazole rings is 1. The first kappa shape index (κ1) is 27.4. The molecule has 4 nitrogen and oxygen atoms in total. The lowest BCUT2D eigenvalue weighted by Gasteiger charge is -2.27. The van der Waals surface area contributed by atoms with E-state index in [-0.39, 0.29) is 44.8 Å². The molecule has 0 aliphatic carbocycles. The normalized spacial score (nSPS) is 17.9. The molecule has 0 atom stereocenters. The van der Waals surface area contributed by atoms with E-state index in [0.29, 0.717) is 35.5 Å². The van der Waals surface area contributed by atoms with Crippen LogP contribution >= 0.6 is 11.3 Å². The summed E-state index contributed by atoms with van der Waals surface area (Å²) in [5, 5.41) is -0.458. The Kier molecular flexibility index (Phi) is 6.87. The number of fused-ring (bicyclic) bond motifs is 2. The first-order valence-electron chi connectivity index (χ1n) is 12.3. The number of hydrogen-bond acceptors (Lipinski definition) is 5. The fraction of sp³-hybridized carbons (Fsp3) is 0.207. The number of hydrogen-bond donors (Lipinski definition) is 0. The lowest BCUT2D eigenvalue weighted by Crippen LogP contribution is -2.24. The predicted molar refractivity (Wildman–Crippen MR) is 137 cm³/mol. The third-order valence-electron chi connectivity index (χ3n) is 6.52. The van der Waals surface area contributed by atoms with Crippen molar-refractivity contribution in [3.8, 4) is 16.9 Å². The number of ether oxygens (including phenoxy) is 3. The van der Waals surface area contributed by atoms with Gasteiger partial charge in [0.05, 0.1) is 29.0 Å². The molecule has 1 aliphatic rings. The van der Waals surface area contributed by atoms with Gasteiger partial charge in [0.2, 0.25) is 5.01 Å². The Labute approximate surface area is 231 Å². The molecule has 0 N–H and O–H groups in total. The Hall–Kier alpha value is -3.74. The summed E-state index contributed by atoms with van der Waals surface area (Å²) >= 11 is 0.457. The first-order valence-corrected chi connectivity index (χ1v) is 13.1. The highest BCUT2D eigenvalue weighted by Crippen LogP contribution is 2.40. The van der Waals surface area contributed by atoms with Gasteiger partial charge >= 0.3 is 6.11 Å². The van der Waals surface area contributed by atoms with Gasteiger partial charge < -0.3 is 14.2 Å². The molecule has 2 heterocycles. The van der Waals surface area contributed by atoms with Gasteiger partial charge in [-0.2, -0.15) is 8.78 Å². The molecule has 0 unspecified atom stereocenters. The van der Waals surface area contributed by atoms with E-state index in [2.05, 4.69) is 9.72 Å². The summed E-state index contributed by atoms with van der Waals surface area (Å²) < 4.78 is 116. The molecule has 0 saturated carbocycles. The minimum Gasteiger partial charge on any atom is -0.427 e. The van der Waals surface area contributed by atoms with Crippen molar-refractivity contribution < 1.29 is 44.9 Å². The third-order valence-corrected chi connectivity index (χ3v) is 7.59. The molecule has 41 heavy (non-hydrogen) atoms. The second-order valence-electron chi connectivity index (χ2n) is 9.65. The Bertz CT molecular complexity index is 1780. The van der Waals surface area contributed by atoms with Crippen molar-refractivity contribution in [3.63, 3.8) is 0 Å². The van der Waals surface area contributed by atoms with E-state index in [4.69, 9.17) is 9.47 Å². The Balaban J connectivity index is 1.32. The van der Waals surface area contributed by atoms with E-state index in [9.17, 15) is 22.0 Å². The average molecular weight is 594 g/mol. The van der Waals surface area contributed by atoms with Gasteiger partial charge in [0.25, 0.3) is 0 Å². The number of rotatable bonds is 5. The van der Waals surface area contributed by atoms with Gasteiger partial charge in [-0.25, -0.2) is 26.9 Å². The van der Waals surface area contributed by atoms with Crippen LogP contribution in [0.15, 0.2) is 54.6 Å². The standard InChI is InChI=1S/C29H18F7NO3S/c1-13-11-38-27(39-12-13)15-2-4-18-16(6-15)7-19(30)24(25(18)33)14-3-5-22-23(8-14)41-28(37-22)29(35,36)40-17-9-20(31)26(34)21(32)10-17/h2-10,13,27H,11-12H2,1H3. The molecule has 4 aromatic carbocycles. The number of alkyl halides is 2. The minimum absolute atomic E-state index is 0.0709. The summed E-state index contributed by atoms with van der Waals surface area (Å²) in [6.45, 7) is 2.96. The minimum atomic E-state index is -4.15. The first-order chi connectivity index (χ1) is 19.5. The maximum Gasteiger partial charge on any atom is 0.454 e. The van der Waals surface area contributed by atoms with Crippen LogP contribution in [0.3, 0.4) is 0 Å². The van der Waals surface area contributed by atoms with Crippen molar-refractivity contribution in [2.45, 2.75) is 19.3 Å². The van der Waals surface area contributed by atoms with Gasteiger partial charge in [-0.3, -0.25) is 0 Å². The van der Waals surface area contributed by atoms with Gasteiger partial charge in [0, 0.05) is 29.0 Å². The fourth-order valence-electron chi connectivity index (χ4n) is 4.54. The lowest BCUT2D eigenvalue weighted by molar-refractivity contribution is -0.202. The molecule has 5 aromatic rings. The highest BCUT2D eigenvalue weighted by atomic mass is 32.1. The van der Waals surface area contributed by atoms with Crippen molar-refractivity contribution in [2.24, 2.45) is 5.92 Å². The maximum atomic E-state index is 15.6. The van der Waals surface area contributed by atoms with Crippen LogP contribution in [0.1, 0.15) is 23.8 Å². The van der Waals surface area contributed by atoms with E-state index in [1.54, 1.807) is 12.1 Å². The van der Waals surface area contributed by atoms with Crippen molar-refractivity contribution in [1.29, 1.82) is 0 Å². The molecule has 0 amide bonds. The summed E-state index contributed by atoms with van der Waals surface area (Å²) in [6.07, 6.45) is -4.80. The summed E-state index contributed by atoms with van der Waals surface area (Å²) in [6, 6.07) is 10.4. The zero-order valence-electron chi connectivity index (χ0n) is 21.0. The molecule has 1 aliphatic heterocycles. The number of benzene rings is 4. The van der Waals surface area contributed by atoms with Crippen LogP contribution in [-0.2, 0) is 15.6 Å². The topological polar surface area (TPSA) is 40.6 Å². The molecule has 1 saturated heterocycles. The van der Waals surface area contributed by atoms with Crippen molar-refractivity contribution in [3.05, 3.63) is 94.3 Å². The number of aromatic nitrogens is 1. The number of nitrogens with zero attached hydrogens (tertiary/aromatic N) is 1. The largest absolute Gasteiger partial charge is 0.454 e. The zero-order valence-corrected chi connectivity index (χ0v) is 21.8. The van der Waals surface area contributed by atoms with Crippen molar-refractivity contribution >= 4 is 32.3 Å². The molecular formula is C29H18F7NO3S. The molecule has 0 radical (unpaired) electrons. The van der Waals surface area contributed by atoms with Crippen molar-refractivity contribution in [1.82, 2.24) is 4.98 Å². The predicted octanol–water partition coefficient (Wildman–Crippen LogP) is 8.62. The summed E-state index contributed by atoms with van der Waals surface area (Å²) in [5.41, 5.74) is 0.403. The van der Waals surface area contributed by atoms with Crippen LogP contribution in [0.25, 0.3) is 32.1 Å². The quantitative estimate of drug-likeness (QED) is 0.151. The van der Waals surface area contributed by atoms with Crippen molar-refractivity contribution in [2.75, 3.05) is 13.2 Å². The van der Waals surface area contributed by atoms with Crippen LogP contribution in [0.5, 0.6) is 5.75 Å². The monoisotopic (exact) mass is 593 g/mol. The number of halogens is 7. The van der Waals surface area contributed by atoms with E-state index in [1.165, 1.54) is 30.3 Å². The molecule has 1 fully saturated rings. The van der Waals surface area contributed by atoms with Gasteiger partial charge in [-0.05, 0) is 35.2 Å². The molecule has 0 bridgehead atoms. The molecular weight excluding hydrogens is 575 g/mol. The van der Waals surface area contributed by atoms with E-state index >= 15 is 8.78 Å². The van der Waals surface area contributed by atoms with Crippen LogP contribution in [0.4, 0.5) is 30.7 Å². The summed E-state index contributed by atoms with van der Waals surface area (Å²) in [7, 11) is 0. The third kappa shape index (κ3) is 5.11. The molecule has 12 heteroatoms. The van der Waals surface area contributed by atoms with Gasteiger partial charge in [0.1, 0.15) is 17.4 Å². The molecule has 0 spiro atoms. The van der Waals surface area contributed by atoms with Crippen LogP contribution in [-0.4, -0.2) is 18.2 Å². The van der Waals surface area contributed by atoms with Crippen LogP contribution in [0.2, 0.25) is 0 Å².